The molecule has 0 saturated heterocycles. The number of hydrogen-bond donors (Lipinski definition) is 1. The van der Waals surface area contributed by atoms with E-state index in [1.54, 1.807) is 29.9 Å². The van der Waals surface area contributed by atoms with Crippen molar-refractivity contribution >= 4 is 27.8 Å². The SMILES string of the molecule is CCc1c2c(C(=O)O)nccc2nn1Cc1cc2cc(OC(F)(F)F)ccc2n1C. The number of benzene rings is 1. The lowest BCUT2D eigenvalue weighted by molar-refractivity contribution is -0.274. The van der Waals surface area contributed by atoms with Crippen molar-refractivity contribution in [3.63, 3.8) is 0 Å². The van der Waals surface area contributed by atoms with Gasteiger partial charge < -0.3 is 14.4 Å². The van der Waals surface area contributed by atoms with Gasteiger partial charge in [0.25, 0.3) is 0 Å². The second-order valence-electron chi connectivity index (χ2n) is 6.78. The minimum Gasteiger partial charge on any atom is -0.476 e. The number of carbonyl (C=O) groups is 1. The Kier molecular flexibility index (Phi) is 4.64. The number of fused-ring (bicyclic) bond motifs is 2. The highest BCUT2D eigenvalue weighted by Crippen LogP contribution is 2.29. The molecule has 1 aromatic carbocycles. The highest BCUT2D eigenvalue weighted by molar-refractivity contribution is 6.01. The van der Waals surface area contributed by atoms with Crippen LogP contribution in [-0.2, 0) is 20.0 Å². The molecule has 0 atom stereocenters. The summed E-state index contributed by atoms with van der Waals surface area (Å²) in [5, 5.41) is 15.1. The molecule has 4 aromatic rings. The van der Waals surface area contributed by atoms with Crippen LogP contribution in [0.5, 0.6) is 5.75 Å². The molecule has 1 N–H and O–H groups in total. The molecule has 4 rings (SSSR count). The van der Waals surface area contributed by atoms with Gasteiger partial charge in [-0.05, 0) is 36.8 Å². The van der Waals surface area contributed by atoms with E-state index in [4.69, 9.17) is 0 Å². The molecule has 0 aliphatic heterocycles. The predicted octanol–water partition coefficient (Wildman–Crippen LogP) is 4.13. The monoisotopic (exact) mass is 418 g/mol. The first kappa shape index (κ1) is 19.7. The fourth-order valence-electron chi connectivity index (χ4n) is 3.68. The Morgan fingerprint density at radius 1 is 1.23 bits per heavy atom. The molecule has 0 amide bonds. The molecule has 0 unspecified atom stereocenters. The van der Waals surface area contributed by atoms with Gasteiger partial charge in [-0.25, -0.2) is 9.78 Å². The molecule has 0 spiro atoms. The van der Waals surface area contributed by atoms with Crippen LogP contribution in [0, 0.1) is 0 Å². The molecule has 10 heteroatoms. The van der Waals surface area contributed by atoms with Crippen molar-refractivity contribution < 1.29 is 27.8 Å². The molecule has 156 valence electrons. The summed E-state index contributed by atoms with van der Waals surface area (Å²) in [6.45, 7) is 2.21. The van der Waals surface area contributed by atoms with E-state index in [1.807, 2.05) is 11.5 Å². The minimum atomic E-state index is -4.76. The topological polar surface area (TPSA) is 82.2 Å². The minimum absolute atomic E-state index is 0.0541. The lowest BCUT2D eigenvalue weighted by Gasteiger charge is -2.09. The number of nitrogens with zero attached hydrogens (tertiary/aromatic N) is 4. The summed E-state index contributed by atoms with van der Waals surface area (Å²) in [5.74, 6) is -1.42. The highest BCUT2D eigenvalue weighted by Gasteiger charge is 2.31. The summed E-state index contributed by atoms with van der Waals surface area (Å²) in [7, 11) is 1.81. The summed E-state index contributed by atoms with van der Waals surface area (Å²) in [6.07, 6.45) is -2.82. The van der Waals surface area contributed by atoms with Crippen LogP contribution in [0.25, 0.3) is 21.8 Å². The lowest BCUT2D eigenvalue weighted by Crippen LogP contribution is -2.16. The lowest BCUT2D eigenvalue weighted by atomic mass is 10.1. The standard InChI is InChI=1S/C20H17F3N4O3/c1-3-15-17-14(6-7-24-18(17)19(28)29)25-27(15)10-12-8-11-9-13(30-20(21,22)23)4-5-16(11)26(12)2/h4-9H,3,10H2,1-2H3,(H,28,29). The van der Waals surface area contributed by atoms with E-state index in [-0.39, 0.29) is 11.4 Å². The maximum absolute atomic E-state index is 12.5. The van der Waals surface area contributed by atoms with Crippen molar-refractivity contribution in [1.82, 2.24) is 19.3 Å². The molecule has 7 nitrogen and oxygen atoms in total. The number of aromatic nitrogens is 4. The number of carboxylic acid groups (broad SMARTS) is 1. The quantitative estimate of drug-likeness (QED) is 0.527. The Balaban J connectivity index is 1.77. The van der Waals surface area contributed by atoms with Gasteiger partial charge in [0.15, 0.2) is 5.69 Å². The average Bonchev–Trinajstić information content (AvgIpc) is 3.17. The number of halogens is 3. The van der Waals surface area contributed by atoms with Crippen molar-refractivity contribution in [2.75, 3.05) is 0 Å². The molecular weight excluding hydrogens is 401 g/mol. The number of carboxylic acids is 1. The molecule has 0 aliphatic rings. The van der Waals surface area contributed by atoms with E-state index in [9.17, 15) is 23.1 Å². The maximum atomic E-state index is 12.5. The van der Waals surface area contributed by atoms with Crippen LogP contribution in [0.1, 0.15) is 28.8 Å². The Hall–Kier alpha value is -3.56. The Morgan fingerprint density at radius 3 is 2.67 bits per heavy atom. The first-order valence-corrected chi connectivity index (χ1v) is 9.09. The van der Waals surface area contributed by atoms with Crippen molar-refractivity contribution in [3.05, 3.63) is 53.6 Å². The number of aryl methyl sites for hydroxylation is 2. The molecule has 0 bridgehead atoms. The second kappa shape index (κ2) is 7.05. The summed E-state index contributed by atoms with van der Waals surface area (Å²) in [5.41, 5.74) is 2.73. The van der Waals surface area contributed by atoms with Crippen LogP contribution in [0.4, 0.5) is 13.2 Å². The summed E-state index contributed by atoms with van der Waals surface area (Å²) in [6, 6.07) is 7.58. The molecule has 3 aromatic heterocycles. The van der Waals surface area contributed by atoms with Crippen molar-refractivity contribution in [2.24, 2.45) is 7.05 Å². The normalized spacial score (nSPS) is 12.0. The highest BCUT2D eigenvalue weighted by atomic mass is 19.4. The largest absolute Gasteiger partial charge is 0.573 e. The van der Waals surface area contributed by atoms with Gasteiger partial charge in [0.2, 0.25) is 0 Å². The molecule has 0 saturated carbocycles. The third-order valence-electron chi connectivity index (χ3n) is 4.95. The summed E-state index contributed by atoms with van der Waals surface area (Å²) < 4.78 is 45.1. The van der Waals surface area contributed by atoms with E-state index in [0.717, 1.165) is 16.9 Å². The zero-order chi connectivity index (χ0) is 21.6. The first-order valence-electron chi connectivity index (χ1n) is 9.09. The number of rotatable bonds is 5. The van der Waals surface area contributed by atoms with Crippen LogP contribution in [0.2, 0.25) is 0 Å². The van der Waals surface area contributed by atoms with Gasteiger partial charge in [0.1, 0.15) is 5.75 Å². The van der Waals surface area contributed by atoms with Crippen LogP contribution < -0.4 is 4.74 Å². The van der Waals surface area contributed by atoms with Gasteiger partial charge >= 0.3 is 12.3 Å². The Bertz CT molecular complexity index is 1270. The average molecular weight is 418 g/mol. The zero-order valence-corrected chi connectivity index (χ0v) is 16.1. The summed E-state index contributed by atoms with van der Waals surface area (Å²) in [4.78, 5) is 15.5. The molecule has 30 heavy (non-hydrogen) atoms. The van der Waals surface area contributed by atoms with Gasteiger partial charge in [0, 0.05) is 35.5 Å². The maximum Gasteiger partial charge on any atom is 0.573 e. The number of pyridine rings is 1. The number of ether oxygens (including phenoxy) is 1. The van der Waals surface area contributed by atoms with Gasteiger partial charge in [-0.15, -0.1) is 13.2 Å². The number of alkyl halides is 3. The van der Waals surface area contributed by atoms with E-state index in [2.05, 4.69) is 14.8 Å². The molecular formula is C20H17F3N4O3. The van der Waals surface area contributed by atoms with Crippen LogP contribution in [0.15, 0.2) is 36.5 Å². The first-order chi connectivity index (χ1) is 14.2. The van der Waals surface area contributed by atoms with Gasteiger partial charge in [-0.1, -0.05) is 6.92 Å². The smallest absolute Gasteiger partial charge is 0.476 e. The third kappa shape index (κ3) is 3.44. The van der Waals surface area contributed by atoms with Crippen LogP contribution >= 0.6 is 0 Å². The fourth-order valence-corrected chi connectivity index (χ4v) is 3.68. The van der Waals surface area contributed by atoms with Crippen LogP contribution in [-0.4, -0.2) is 36.8 Å². The molecule has 3 heterocycles. The predicted molar refractivity (Wildman–Crippen MR) is 103 cm³/mol. The molecule has 0 fully saturated rings. The van der Waals surface area contributed by atoms with Crippen molar-refractivity contribution in [1.29, 1.82) is 0 Å². The van der Waals surface area contributed by atoms with E-state index < -0.39 is 12.3 Å². The Labute approximate surface area is 168 Å². The third-order valence-corrected chi connectivity index (χ3v) is 4.95. The number of hydrogen-bond acceptors (Lipinski definition) is 4. The zero-order valence-electron chi connectivity index (χ0n) is 16.1. The number of aromatic carboxylic acids is 1. The summed E-state index contributed by atoms with van der Waals surface area (Å²) >= 11 is 0. The second-order valence-corrected chi connectivity index (χ2v) is 6.78. The molecule has 0 radical (unpaired) electrons. The van der Waals surface area contributed by atoms with Gasteiger partial charge in [0.05, 0.1) is 17.4 Å². The fraction of sp³-hybridized carbons (Fsp3) is 0.250. The molecule has 0 aliphatic carbocycles. The van der Waals surface area contributed by atoms with Crippen molar-refractivity contribution in [3.8, 4) is 5.75 Å². The van der Waals surface area contributed by atoms with Gasteiger partial charge in [-0.2, -0.15) is 5.10 Å². The van der Waals surface area contributed by atoms with Crippen LogP contribution in [0.3, 0.4) is 0 Å². The van der Waals surface area contributed by atoms with E-state index in [0.29, 0.717) is 29.3 Å². The van der Waals surface area contributed by atoms with Crippen molar-refractivity contribution in [2.45, 2.75) is 26.3 Å². The van der Waals surface area contributed by atoms with E-state index >= 15 is 0 Å². The van der Waals surface area contributed by atoms with E-state index in [1.165, 1.54) is 18.3 Å². The Morgan fingerprint density at radius 2 is 2.00 bits per heavy atom. The van der Waals surface area contributed by atoms with Gasteiger partial charge in [-0.3, -0.25) is 4.68 Å².